The second-order valence-corrected chi connectivity index (χ2v) is 6.95. The summed E-state index contributed by atoms with van der Waals surface area (Å²) in [7, 11) is 0. The first-order valence-electron chi connectivity index (χ1n) is 8.60. The molecule has 0 unspecified atom stereocenters. The molecule has 3 aromatic rings. The monoisotopic (exact) mass is 413 g/mol. The smallest absolute Gasteiger partial charge is 0.323 e. The third-order valence-electron chi connectivity index (χ3n) is 3.71. The number of amides is 3. The molecule has 0 atom stereocenters. The molecule has 29 heavy (non-hydrogen) atoms. The fourth-order valence-electron chi connectivity index (χ4n) is 2.38. The molecular weight excluding hydrogens is 396 g/mol. The lowest BCUT2D eigenvalue weighted by molar-refractivity contribution is -0.113. The van der Waals surface area contributed by atoms with Crippen LogP contribution in [0.15, 0.2) is 77.7 Å². The Morgan fingerprint density at radius 1 is 0.759 bits per heavy atom. The van der Waals surface area contributed by atoms with E-state index in [0.29, 0.717) is 17.1 Å². The second kappa shape index (κ2) is 9.70. The first kappa shape index (κ1) is 20.3. The molecule has 0 aliphatic rings. The number of carbonyl (C=O) groups is 2. The first-order valence-corrected chi connectivity index (χ1v) is 9.59. The number of rotatable bonds is 6. The highest BCUT2D eigenvalue weighted by atomic mass is 32.2. The van der Waals surface area contributed by atoms with Gasteiger partial charge in [0.25, 0.3) is 0 Å². The Kier molecular flexibility index (Phi) is 6.80. The molecular formula is C21H17F2N3O2S. The predicted octanol–water partition coefficient (Wildman–Crippen LogP) is 5.34. The Morgan fingerprint density at radius 2 is 1.34 bits per heavy atom. The van der Waals surface area contributed by atoms with Crippen molar-refractivity contribution in [3.8, 4) is 0 Å². The molecule has 0 aromatic heterocycles. The molecule has 148 valence electrons. The van der Waals surface area contributed by atoms with Gasteiger partial charge in [0.1, 0.15) is 11.6 Å². The summed E-state index contributed by atoms with van der Waals surface area (Å²) in [5.74, 6) is -1.72. The standard InChI is InChI=1S/C21H17F2N3O2S/c22-14-6-11-19(18(23)12-14)29-13-20(27)24-16-7-9-17(10-8-16)26-21(28)25-15-4-2-1-3-5-15/h1-12H,13H2,(H,24,27)(H2,25,26,28). The number of para-hydroxylation sites is 1. The van der Waals surface area contributed by atoms with Gasteiger partial charge >= 0.3 is 6.03 Å². The average Bonchev–Trinajstić information content (AvgIpc) is 2.69. The van der Waals surface area contributed by atoms with Crippen molar-refractivity contribution < 1.29 is 18.4 Å². The van der Waals surface area contributed by atoms with Crippen molar-refractivity contribution in [1.82, 2.24) is 0 Å². The summed E-state index contributed by atoms with van der Waals surface area (Å²) in [6.45, 7) is 0. The SMILES string of the molecule is O=C(CSc1ccc(F)cc1F)Nc1ccc(NC(=O)Nc2ccccc2)cc1. The van der Waals surface area contributed by atoms with Crippen molar-refractivity contribution in [3.05, 3.63) is 84.4 Å². The van der Waals surface area contributed by atoms with E-state index in [0.717, 1.165) is 23.9 Å². The van der Waals surface area contributed by atoms with E-state index in [2.05, 4.69) is 16.0 Å². The fourth-order valence-corrected chi connectivity index (χ4v) is 3.10. The van der Waals surface area contributed by atoms with Gasteiger partial charge in [-0.05, 0) is 48.5 Å². The van der Waals surface area contributed by atoms with Gasteiger partial charge in [0.2, 0.25) is 5.91 Å². The maximum atomic E-state index is 13.6. The molecule has 3 rings (SSSR count). The van der Waals surface area contributed by atoms with E-state index < -0.39 is 11.6 Å². The molecule has 0 saturated carbocycles. The van der Waals surface area contributed by atoms with E-state index in [9.17, 15) is 18.4 Å². The second-order valence-electron chi connectivity index (χ2n) is 5.93. The van der Waals surface area contributed by atoms with Crippen LogP contribution in [0.4, 0.5) is 30.6 Å². The van der Waals surface area contributed by atoms with E-state index in [4.69, 9.17) is 0 Å². The summed E-state index contributed by atoms with van der Waals surface area (Å²) in [5, 5.41) is 8.07. The summed E-state index contributed by atoms with van der Waals surface area (Å²) in [6.07, 6.45) is 0. The molecule has 0 aliphatic carbocycles. The van der Waals surface area contributed by atoms with Crippen LogP contribution in [0.2, 0.25) is 0 Å². The van der Waals surface area contributed by atoms with Crippen molar-refractivity contribution in [2.24, 2.45) is 0 Å². The highest BCUT2D eigenvalue weighted by molar-refractivity contribution is 8.00. The summed E-state index contributed by atoms with van der Waals surface area (Å²) in [4.78, 5) is 24.2. The number of benzene rings is 3. The van der Waals surface area contributed by atoms with Gasteiger partial charge in [-0.15, -0.1) is 11.8 Å². The van der Waals surface area contributed by atoms with Crippen molar-refractivity contribution in [1.29, 1.82) is 0 Å². The number of urea groups is 1. The van der Waals surface area contributed by atoms with Gasteiger partial charge in [-0.2, -0.15) is 0 Å². The van der Waals surface area contributed by atoms with E-state index in [1.54, 1.807) is 36.4 Å². The lowest BCUT2D eigenvalue weighted by Crippen LogP contribution is -2.19. The van der Waals surface area contributed by atoms with Crippen LogP contribution >= 0.6 is 11.8 Å². The van der Waals surface area contributed by atoms with Gasteiger partial charge < -0.3 is 16.0 Å². The Labute approximate surface area is 170 Å². The number of thioether (sulfide) groups is 1. The van der Waals surface area contributed by atoms with Crippen molar-refractivity contribution in [3.63, 3.8) is 0 Å². The van der Waals surface area contributed by atoms with Gasteiger partial charge in [0.15, 0.2) is 0 Å². The Morgan fingerprint density at radius 3 is 1.97 bits per heavy atom. The van der Waals surface area contributed by atoms with Crippen LogP contribution in [-0.2, 0) is 4.79 Å². The highest BCUT2D eigenvalue weighted by Crippen LogP contribution is 2.23. The zero-order valence-corrected chi connectivity index (χ0v) is 15.9. The minimum absolute atomic E-state index is 0.0258. The van der Waals surface area contributed by atoms with E-state index in [1.807, 2.05) is 18.2 Å². The molecule has 3 N–H and O–H groups in total. The average molecular weight is 413 g/mol. The number of nitrogens with one attached hydrogen (secondary N) is 3. The number of hydrogen-bond donors (Lipinski definition) is 3. The molecule has 0 saturated heterocycles. The maximum Gasteiger partial charge on any atom is 0.323 e. The van der Waals surface area contributed by atoms with Crippen LogP contribution in [-0.4, -0.2) is 17.7 Å². The van der Waals surface area contributed by atoms with Crippen LogP contribution in [0.3, 0.4) is 0 Å². The lowest BCUT2D eigenvalue weighted by Gasteiger charge is -2.09. The highest BCUT2D eigenvalue weighted by Gasteiger charge is 2.09. The van der Waals surface area contributed by atoms with Crippen molar-refractivity contribution in [2.45, 2.75) is 4.90 Å². The number of halogens is 2. The number of anilines is 3. The lowest BCUT2D eigenvalue weighted by atomic mass is 10.3. The summed E-state index contributed by atoms with van der Waals surface area (Å²) >= 11 is 0.977. The van der Waals surface area contributed by atoms with Crippen LogP contribution in [0, 0.1) is 11.6 Å². The van der Waals surface area contributed by atoms with Gasteiger partial charge in [-0.3, -0.25) is 4.79 Å². The van der Waals surface area contributed by atoms with Crippen LogP contribution in [0.1, 0.15) is 0 Å². The maximum absolute atomic E-state index is 13.6. The van der Waals surface area contributed by atoms with Gasteiger partial charge in [0, 0.05) is 28.0 Å². The summed E-state index contributed by atoms with van der Waals surface area (Å²) in [5.41, 5.74) is 1.76. The molecule has 3 aromatic carbocycles. The molecule has 5 nitrogen and oxygen atoms in total. The number of carbonyl (C=O) groups excluding carboxylic acids is 2. The summed E-state index contributed by atoms with van der Waals surface area (Å²) < 4.78 is 26.5. The zero-order valence-electron chi connectivity index (χ0n) is 15.1. The topological polar surface area (TPSA) is 70.2 Å². The third-order valence-corrected chi connectivity index (χ3v) is 4.76. The Hall–Kier alpha value is -3.39. The zero-order chi connectivity index (χ0) is 20.6. The molecule has 0 aliphatic heterocycles. The molecule has 0 radical (unpaired) electrons. The quantitative estimate of drug-likeness (QED) is 0.478. The molecule has 0 spiro atoms. The fraction of sp³-hybridized carbons (Fsp3) is 0.0476. The minimum Gasteiger partial charge on any atom is -0.325 e. The Bertz CT molecular complexity index is 999. The minimum atomic E-state index is -0.702. The van der Waals surface area contributed by atoms with Crippen molar-refractivity contribution >= 4 is 40.8 Å². The number of hydrogen-bond acceptors (Lipinski definition) is 3. The largest absolute Gasteiger partial charge is 0.325 e. The van der Waals surface area contributed by atoms with Crippen LogP contribution in [0.25, 0.3) is 0 Å². The van der Waals surface area contributed by atoms with Crippen LogP contribution in [0.5, 0.6) is 0 Å². The molecule has 3 amide bonds. The molecule has 0 heterocycles. The van der Waals surface area contributed by atoms with E-state index in [-0.39, 0.29) is 22.6 Å². The van der Waals surface area contributed by atoms with Crippen molar-refractivity contribution in [2.75, 3.05) is 21.7 Å². The predicted molar refractivity (Wildman–Crippen MR) is 111 cm³/mol. The van der Waals surface area contributed by atoms with Gasteiger partial charge in [-0.1, -0.05) is 18.2 Å². The molecule has 8 heteroatoms. The van der Waals surface area contributed by atoms with E-state index >= 15 is 0 Å². The van der Waals surface area contributed by atoms with Gasteiger partial charge in [0.05, 0.1) is 5.75 Å². The first-order chi connectivity index (χ1) is 14.0. The normalized spacial score (nSPS) is 10.3. The molecule has 0 bridgehead atoms. The van der Waals surface area contributed by atoms with Gasteiger partial charge in [-0.25, -0.2) is 13.6 Å². The summed E-state index contributed by atoms with van der Waals surface area (Å²) in [6, 6.07) is 18.4. The van der Waals surface area contributed by atoms with E-state index in [1.165, 1.54) is 6.07 Å². The molecule has 0 fully saturated rings. The Balaban J connectivity index is 1.48. The third kappa shape index (κ3) is 6.32. The van der Waals surface area contributed by atoms with Crippen LogP contribution < -0.4 is 16.0 Å².